The summed E-state index contributed by atoms with van der Waals surface area (Å²) in [5.41, 5.74) is 0.583. The van der Waals surface area contributed by atoms with Crippen molar-refractivity contribution < 1.29 is 24.5 Å². The highest BCUT2D eigenvalue weighted by atomic mass is 16.5. The lowest BCUT2D eigenvalue weighted by molar-refractivity contribution is -0.142. The van der Waals surface area contributed by atoms with E-state index >= 15 is 0 Å². The Bertz CT molecular complexity index is 529. The average molecular weight is 309 g/mol. The molecular formula is C16H23NO5. The van der Waals surface area contributed by atoms with Crippen molar-refractivity contribution in [2.45, 2.75) is 39.8 Å². The van der Waals surface area contributed by atoms with Crippen molar-refractivity contribution in [1.82, 2.24) is 0 Å². The molecule has 0 amide bonds. The van der Waals surface area contributed by atoms with Crippen LogP contribution in [0.15, 0.2) is 24.3 Å². The van der Waals surface area contributed by atoms with Gasteiger partial charge in [-0.3, -0.25) is 4.79 Å². The lowest BCUT2D eigenvalue weighted by atomic mass is 10.1. The predicted molar refractivity (Wildman–Crippen MR) is 83.4 cm³/mol. The highest BCUT2D eigenvalue weighted by Crippen LogP contribution is 2.31. The van der Waals surface area contributed by atoms with Gasteiger partial charge in [0.1, 0.15) is 11.8 Å². The maximum Gasteiger partial charge on any atom is 0.326 e. The molecule has 6 heteroatoms. The van der Waals surface area contributed by atoms with Crippen molar-refractivity contribution in [2.75, 3.05) is 11.4 Å². The molecule has 0 saturated carbocycles. The van der Waals surface area contributed by atoms with E-state index in [2.05, 4.69) is 0 Å². The summed E-state index contributed by atoms with van der Waals surface area (Å²) in [5, 5.41) is 18.4. The molecule has 1 aromatic rings. The highest BCUT2D eigenvalue weighted by molar-refractivity contribution is 5.80. The Morgan fingerprint density at radius 1 is 1.09 bits per heavy atom. The summed E-state index contributed by atoms with van der Waals surface area (Å²) >= 11 is 0. The Balaban J connectivity index is 3.20. The van der Waals surface area contributed by atoms with E-state index in [1.54, 1.807) is 36.1 Å². The second kappa shape index (κ2) is 7.68. The van der Waals surface area contributed by atoms with Gasteiger partial charge in [0.05, 0.1) is 17.7 Å². The van der Waals surface area contributed by atoms with Gasteiger partial charge >= 0.3 is 11.9 Å². The zero-order valence-corrected chi connectivity index (χ0v) is 13.3. The molecule has 6 nitrogen and oxygen atoms in total. The van der Waals surface area contributed by atoms with E-state index in [0.717, 1.165) is 0 Å². The van der Waals surface area contributed by atoms with Gasteiger partial charge in [0.15, 0.2) is 0 Å². The monoisotopic (exact) mass is 309 g/mol. The number of nitrogens with zero attached hydrogens (tertiary/aromatic N) is 1. The van der Waals surface area contributed by atoms with Crippen LogP contribution in [0.3, 0.4) is 0 Å². The maximum atomic E-state index is 11.4. The molecule has 0 fully saturated rings. The first-order valence-electron chi connectivity index (χ1n) is 7.22. The summed E-state index contributed by atoms with van der Waals surface area (Å²) in [4.78, 5) is 24.0. The largest absolute Gasteiger partial charge is 0.489 e. The number of hydrogen-bond donors (Lipinski definition) is 2. The van der Waals surface area contributed by atoms with Crippen LogP contribution >= 0.6 is 0 Å². The molecule has 0 radical (unpaired) electrons. The summed E-state index contributed by atoms with van der Waals surface area (Å²) in [6, 6.07) is 6.20. The first-order valence-corrected chi connectivity index (χ1v) is 7.22. The summed E-state index contributed by atoms with van der Waals surface area (Å²) in [6.45, 7) is 6.92. The Morgan fingerprint density at radius 3 is 2.18 bits per heavy atom. The minimum Gasteiger partial charge on any atom is -0.489 e. The Labute approximate surface area is 130 Å². The van der Waals surface area contributed by atoms with E-state index in [9.17, 15) is 14.7 Å². The molecule has 0 aliphatic carbocycles. The van der Waals surface area contributed by atoms with E-state index in [1.165, 1.54) is 6.92 Å². The first-order chi connectivity index (χ1) is 10.2. The molecule has 1 rings (SSSR count). The molecular weight excluding hydrogens is 286 g/mol. The van der Waals surface area contributed by atoms with Gasteiger partial charge in [-0.15, -0.1) is 0 Å². The lowest BCUT2D eigenvalue weighted by Crippen LogP contribution is -2.43. The van der Waals surface area contributed by atoms with Crippen LogP contribution in [0.2, 0.25) is 0 Å². The van der Waals surface area contributed by atoms with Crippen LogP contribution in [0.25, 0.3) is 0 Å². The number of carbonyl (C=O) groups is 2. The summed E-state index contributed by atoms with van der Waals surface area (Å²) < 4.78 is 5.72. The second-order valence-electron chi connectivity index (χ2n) is 5.54. The molecule has 0 bridgehead atoms. The Kier molecular flexibility index (Phi) is 6.22. The number of carboxylic acid groups (broad SMARTS) is 2. The predicted octanol–water partition coefficient (Wildman–Crippen LogP) is 2.47. The van der Waals surface area contributed by atoms with E-state index in [4.69, 9.17) is 9.84 Å². The third-order valence-corrected chi connectivity index (χ3v) is 3.25. The fourth-order valence-corrected chi connectivity index (χ4v) is 2.02. The topological polar surface area (TPSA) is 87.1 Å². The average Bonchev–Trinajstić information content (AvgIpc) is 2.43. The zero-order valence-electron chi connectivity index (χ0n) is 13.3. The summed E-state index contributed by atoms with van der Waals surface area (Å²) in [5.74, 6) is -2.14. The lowest BCUT2D eigenvalue weighted by Gasteiger charge is -2.32. The van der Waals surface area contributed by atoms with Crippen molar-refractivity contribution >= 4 is 17.6 Å². The van der Waals surface area contributed by atoms with Crippen molar-refractivity contribution in [3.8, 4) is 5.75 Å². The number of carboxylic acids is 2. The molecule has 0 spiro atoms. The standard InChI is InChI=1S/C16H23NO5/c1-10(2)22-14-8-6-5-7-13(14)17(12(4)16(20)21)9-11(3)15(18)19/h5-8,10-12H,9H2,1-4H3,(H,18,19)(H,20,21). The Hall–Kier alpha value is -2.24. The van der Waals surface area contributed by atoms with Crippen LogP contribution in [-0.4, -0.2) is 40.8 Å². The van der Waals surface area contributed by atoms with E-state index in [1.807, 2.05) is 13.8 Å². The van der Waals surface area contributed by atoms with Crippen LogP contribution in [-0.2, 0) is 9.59 Å². The number of benzene rings is 1. The maximum absolute atomic E-state index is 11.4. The minimum atomic E-state index is -1.02. The molecule has 0 aliphatic rings. The van der Waals surface area contributed by atoms with Crippen LogP contribution in [0.5, 0.6) is 5.75 Å². The number of rotatable bonds is 8. The number of hydrogen-bond acceptors (Lipinski definition) is 4. The quantitative estimate of drug-likeness (QED) is 0.767. The normalized spacial score (nSPS) is 13.5. The van der Waals surface area contributed by atoms with Gasteiger partial charge in [0.2, 0.25) is 0 Å². The Morgan fingerprint density at radius 2 is 1.68 bits per heavy atom. The summed E-state index contributed by atoms with van der Waals surface area (Å²) in [6.07, 6.45) is -0.0694. The molecule has 2 atom stereocenters. The van der Waals surface area contributed by atoms with Crippen LogP contribution in [0.4, 0.5) is 5.69 Å². The zero-order chi connectivity index (χ0) is 16.9. The summed E-state index contributed by atoms with van der Waals surface area (Å²) in [7, 11) is 0. The highest BCUT2D eigenvalue weighted by Gasteiger charge is 2.27. The number of aliphatic carboxylic acids is 2. The minimum absolute atomic E-state index is 0.0694. The smallest absolute Gasteiger partial charge is 0.326 e. The number of ether oxygens (including phenoxy) is 1. The van der Waals surface area contributed by atoms with E-state index in [-0.39, 0.29) is 12.6 Å². The molecule has 22 heavy (non-hydrogen) atoms. The third kappa shape index (κ3) is 4.65. The van der Waals surface area contributed by atoms with Crippen LogP contribution in [0.1, 0.15) is 27.7 Å². The van der Waals surface area contributed by atoms with Gasteiger partial charge in [-0.1, -0.05) is 19.1 Å². The van der Waals surface area contributed by atoms with Gasteiger partial charge < -0.3 is 19.8 Å². The molecule has 0 aromatic heterocycles. The van der Waals surface area contributed by atoms with E-state index in [0.29, 0.717) is 11.4 Å². The molecule has 0 saturated heterocycles. The van der Waals surface area contributed by atoms with E-state index < -0.39 is 23.9 Å². The van der Waals surface area contributed by atoms with Gasteiger partial charge in [0.25, 0.3) is 0 Å². The molecule has 0 aliphatic heterocycles. The van der Waals surface area contributed by atoms with Gasteiger partial charge in [0, 0.05) is 6.54 Å². The number of anilines is 1. The molecule has 2 unspecified atom stereocenters. The van der Waals surface area contributed by atoms with Crippen molar-refractivity contribution in [3.63, 3.8) is 0 Å². The third-order valence-electron chi connectivity index (χ3n) is 3.25. The van der Waals surface area contributed by atoms with Gasteiger partial charge in [-0.05, 0) is 32.9 Å². The number of para-hydroxylation sites is 2. The van der Waals surface area contributed by atoms with Crippen molar-refractivity contribution in [2.24, 2.45) is 5.92 Å². The molecule has 0 heterocycles. The fraction of sp³-hybridized carbons (Fsp3) is 0.500. The van der Waals surface area contributed by atoms with Crippen molar-refractivity contribution in [1.29, 1.82) is 0 Å². The van der Waals surface area contributed by atoms with Gasteiger partial charge in [-0.25, -0.2) is 4.79 Å². The van der Waals surface area contributed by atoms with Crippen molar-refractivity contribution in [3.05, 3.63) is 24.3 Å². The molecule has 122 valence electrons. The first kappa shape index (κ1) is 17.8. The molecule has 2 N–H and O–H groups in total. The van der Waals surface area contributed by atoms with Gasteiger partial charge in [-0.2, -0.15) is 0 Å². The molecule has 1 aromatic carbocycles. The fourth-order valence-electron chi connectivity index (χ4n) is 2.02. The second-order valence-corrected chi connectivity index (χ2v) is 5.54. The van der Waals surface area contributed by atoms with Crippen LogP contribution in [0, 0.1) is 5.92 Å². The van der Waals surface area contributed by atoms with Crippen LogP contribution < -0.4 is 9.64 Å². The SMILES string of the molecule is CC(C)Oc1ccccc1N(CC(C)C(=O)O)C(C)C(=O)O.